The van der Waals surface area contributed by atoms with Crippen molar-refractivity contribution in [3.8, 4) is 5.75 Å². The molecule has 0 heterocycles. The average Bonchev–Trinajstić information content (AvgIpc) is 2.76. The van der Waals surface area contributed by atoms with Crippen LogP contribution in [-0.4, -0.2) is 42.2 Å². The van der Waals surface area contributed by atoms with E-state index in [-0.39, 0.29) is 17.6 Å². The second kappa shape index (κ2) is 12.6. The first-order valence-corrected chi connectivity index (χ1v) is 11.9. The third kappa shape index (κ3) is 8.11. The zero-order valence-electron chi connectivity index (χ0n) is 18.6. The molecule has 0 saturated heterocycles. The lowest BCUT2D eigenvalue weighted by molar-refractivity contribution is -0.138. The molecule has 31 heavy (non-hydrogen) atoms. The molecule has 2 aromatic rings. The molecule has 0 radical (unpaired) electrons. The number of ether oxygens (including phenoxy) is 1. The van der Waals surface area contributed by atoms with Crippen molar-refractivity contribution in [2.45, 2.75) is 39.1 Å². The molecule has 2 amide bonds. The van der Waals surface area contributed by atoms with E-state index in [1.165, 1.54) is 11.8 Å². The normalized spacial score (nSPS) is 11.8. The number of thioether (sulfide) groups is 1. The van der Waals surface area contributed by atoms with Gasteiger partial charge < -0.3 is 15.0 Å². The number of benzene rings is 2. The van der Waals surface area contributed by atoms with E-state index in [1.807, 2.05) is 62.4 Å². The molecule has 0 aliphatic carbocycles. The topological polar surface area (TPSA) is 58.6 Å². The van der Waals surface area contributed by atoms with Crippen molar-refractivity contribution in [2.24, 2.45) is 5.92 Å². The van der Waals surface area contributed by atoms with Gasteiger partial charge in [-0.05, 0) is 42.2 Å². The number of hydrogen-bond donors (Lipinski definition) is 1. The van der Waals surface area contributed by atoms with E-state index in [0.29, 0.717) is 29.8 Å². The zero-order chi connectivity index (χ0) is 22.8. The second-order valence-corrected chi connectivity index (χ2v) is 9.17. The van der Waals surface area contributed by atoms with Gasteiger partial charge in [0.1, 0.15) is 11.8 Å². The number of rotatable bonds is 11. The number of halogens is 1. The minimum absolute atomic E-state index is 0.0907. The minimum Gasteiger partial charge on any atom is -0.497 e. The predicted octanol–water partition coefficient (Wildman–Crippen LogP) is 4.77. The predicted molar refractivity (Wildman–Crippen MR) is 128 cm³/mol. The molecule has 2 aromatic carbocycles. The van der Waals surface area contributed by atoms with Crippen LogP contribution in [0.4, 0.5) is 0 Å². The highest BCUT2D eigenvalue weighted by Crippen LogP contribution is 2.22. The SMILES string of the molecule is COc1cccc(CN(C(=O)CSCc2ccccc2Cl)[C@@H](C)C(=O)NCC(C)C)c1. The van der Waals surface area contributed by atoms with Gasteiger partial charge in [-0.2, -0.15) is 0 Å². The van der Waals surface area contributed by atoms with Crippen LogP contribution in [0.1, 0.15) is 31.9 Å². The number of carbonyl (C=O) groups excluding carboxylic acids is 2. The summed E-state index contributed by atoms with van der Waals surface area (Å²) in [5, 5.41) is 3.62. The molecule has 7 heteroatoms. The number of hydrogen-bond acceptors (Lipinski definition) is 4. The zero-order valence-corrected chi connectivity index (χ0v) is 20.1. The monoisotopic (exact) mass is 462 g/mol. The molecule has 168 valence electrons. The third-order valence-electron chi connectivity index (χ3n) is 4.78. The first kappa shape index (κ1) is 25.1. The number of amides is 2. The van der Waals surface area contributed by atoms with E-state index in [1.54, 1.807) is 18.9 Å². The second-order valence-electron chi connectivity index (χ2n) is 7.77. The fourth-order valence-electron chi connectivity index (χ4n) is 2.95. The van der Waals surface area contributed by atoms with E-state index >= 15 is 0 Å². The molecule has 1 atom stereocenters. The van der Waals surface area contributed by atoms with Gasteiger partial charge in [0, 0.05) is 23.9 Å². The van der Waals surface area contributed by atoms with Crippen LogP contribution in [0.15, 0.2) is 48.5 Å². The Morgan fingerprint density at radius 3 is 2.55 bits per heavy atom. The quantitative estimate of drug-likeness (QED) is 0.522. The molecule has 0 spiro atoms. The van der Waals surface area contributed by atoms with E-state index < -0.39 is 6.04 Å². The Bertz CT molecular complexity index is 875. The molecular weight excluding hydrogens is 432 g/mol. The summed E-state index contributed by atoms with van der Waals surface area (Å²) < 4.78 is 5.30. The van der Waals surface area contributed by atoms with E-state index in [4.69, 9.17) is 16.3 Å². The van der Waals surface area contributed by atoms with Crippen molar-refractivity contribution < 1.29 is 14.3 Å². The van der Waals surface area contributed by atoms with Gasteiger partial charge in [-0.15, -0.1) is 11.8 Å². The Labute approximate surface area is 194 Å². The van der Waals surface area contributed by atoms with Crippen molar-refractivity contribution in [2.75, 3.05) is 19.4 Å². The largest absolute Gasteiger partial charge is 0.497 e. The number of methoxy groups -OCH3 is 1. The molecule has 0 aliphatic heterocycles. The fraction of sp³-hybridized carbons (Fsp3) is 0.417. The van der Waals surface area contributed by atoms with Crippen LogP contribution >= 0.6 is 23.4 Å². The van der Waals surface area contributed by atoms with Gasteiger partial charge in [-0.1, -0.05) is 55.8 Å². The van der Waals surface area contributed by atoms with Crippen LogP contribution in [0.3, 0.4) is 0 Å². The summed E-state index contributed by atoms with van der Waals surface area (Å²) in [7, 11) is 1.61. The van der Waals surface area contributed by atoms with Gasteiger partial charge in [-0.25, -0.2) is 0 Å². The van der Waals surface area contributed by atoms with Crippen LogP contribution < -0.4 is 10.1 Å². The van der Waals surface area contributed by atoms with Gasteiger partial charge >= 0.3 is 0 Å². The molecule has 0 bridgehead atoms. The van der Waals surface area contributed by atoms with Crippen LogP contribution in [0.2, 0.25) is 5.02 Å². The maximum Gasteiger partial charge on any atom is 0.242 e. The number of nitrogens with zero attached hydrogens (tertiary/aromatic N) is 1. The first-order valence-electron chi connectivity index (χ1n) is 10.3. The standard InChI is InChI=1S/C24H31ClN2O3S/c1-17(2)13-26-24(29)18(3)27(14-19-8-7-10-21(12-19)30-4)23(28)16-31-15-20-9-5-6-11-22(20)25/h5-12,17-18H,13-16H2,1-4H3,(H,26,29)/t18-/m0/s1. The summed E-state index contributed by atoms with van der Waals surface area (Å²) in [6.07, 6.45) is 0. The van der Waals surface area contributed by atoms with E-state index in [9.17, 15) is 9.59 Å². The van der Waals surface area contributed by atoms with Crippen LogP contribution in [-0.2, 0) is 21.9 Å². The van der Waals surface area contributed by atoms with Crippen molar-refractivity contribution in [3.05, 3.63) is 64.7 Å². The summed E-state index contributed by atoms with van der Waals surface area (Å²) in [6.45, 7) is 6.75. The highest BCUT2D eigenvalue weighted by Gasteiger charge is 2.26. The van der Waals surface area contributed by atoms with Crippen LogP contribution in [0.25, 0.3) is 0 Å². The van der Waals surface area contributed by atoms with Crippen molar-refractivity contribution >= 4 is 35.2 Å². The average molecular weight is 463 g/mol. The first-order chi connectivity index (χ1) is 14.8. The number of nitrogens with one attached hydrogen (secondary N) is 1. The lowest BCUT2D eigenvalue weighted by Crippen LogP contribution is -2.48. The summed E-state index contributed by atoms with van der Waals surface area (Å²) in [6, 6.07) is 14.6. The molecular formula is C24H31ClN2O3S. The van der Waals surface area contributed by atoms with E-state index in [0.717, 1.165) is 16.9 Å². The van der Waals surface area contributed by atoms with E-state index in [2.05, 4.69) is 5.32 Å². The molecule has 5 nitrogen and oxygen atoms in total. The Morgan fingerprint density at radius 2 is 1.87 bits per heavy atom. The smallest absolute Gasteiger partial charge is 0.242 e. The maximum absolute atomic E-state index is 13.1. The lowest BCUT2D eigenvalue weighted by atomic mass is 10.1. The van der Waals surface area contributed by atoms with Crippen molar-refractivity contribution in [1.82, 2.24) is 10.2 Å². The van der Waals surface area contributed by atoms with Gasteiger partial charge in [0.05, 0.1) is 12.9 Å². The fourth-order valence-corrected chi connectivity index (χ4v) is 4.15. The molecule has 1 N–H and O–H groups in total. The molecule has 0 fully saturated rings. The molecule has 2 rings (SSSR count). The van der Waals surface area contributed by atoms with Crippen LogP contribution in [0.5, 0.6) is 5.75 Å². The van der Waals surface area contributed by atoms with Gasteiger partial charge in [-0.3, -0.25) is 9.59 Å². The van der Waals surface area contributed by atoms with Crippen molar-refractivity contribution in [1.29, 1.82) is 0 Å². The van der Waals surface area contributed by atoms with Gasteiger partial charge in [0.15, 0.2) is 0 Å². The van der Waals surface area contributed by atoms with Crippen LogP contribution in [0, 0.1) is 5.92 Å². The van der Waals surface area contributed by atoms with Gasteiger partial charge in [0.2, 0.25) is 11.8 Å². The summed E-state index contributed by atoms with van der Waals surface area (Å²) in [4.78, 5) is 27.4. The highest BCUT2D eigenvalue weighted by atomic mass is 35.5. The Hall–Kier alpha value is -2.18. The minimum atomic E-state index is -0.585. The number of carbonyl (C=O) groups is 2. The molecule has 0 saturated carbocycles. The Morgan fingerprint density at radius 1 is 1.13 bits per heavy atom. The summed E-state index contributed by atoms with van der Waals surface area (Å²) >= 11 is 7.71. The Balaban J connectivity index is 2.10. The maximum atomic E-state index is 13.1. The molecule has 0 unspecified atom stereocenters. The van der Waals surface area contributed by atoms with Crippen molar-refractivity contribution in [3.63, 3.8) is 0 Å². The lowest BCUT2D eigenvalue weighted by Gasteiger charge is -2.29. The molecule has 0 aromatic heterocycles. The molecule has 0 aliphatic rings. The highest BCUT2D eigenvalue weighted by molar-refractivity contribution is 7.99. The summed E-state index contributed by atoms with van der Waals surface area (Å²) in [5.41, 5.74) is 1.90. The Kier molecular flexibility index (Phi) is 10.2. The summed E-state index contributed by atoms with van der Waals surface area (Å²) in [5.74, 6) is 1.71. The van der Waals surface area contributed by atoms with Gasteiger partial charge in [0.25, 0.3) is 0 Å². The third-order valence-corrected chi connectivity index (χ3v) is 6.11.